The lowest BCUT2D eigenvalue weighted by atomic mass is 10.0. The summed E-state index contributed by atoms with van der Waals surface area (Å²) in [5.74, 6) is 0. The van der Waals surface area contributed by atoms with Gasteiger partial charge < -0.3 is 4.74 Å². The summed E-state index contributed by atoms with van der Waals surface area (Å²) in [5, 5.41) is 0. The van der Waals surface area contributed by atoms with Crippen LogP contribution in [0.4, 0.5) is 0 Å². The van der Waals surface area contributed by atoms with E-state index in [-0.39, 0.29) is 0 Å². The predicted octanol–water partition coefficient (Wildman–Crippen LogP) is -2.35. The van der Waals surface area contributed by atoms with Gasteiger partial charge in [-0.3, -0.25) is 16.7 Å². The van der Waals surface area contributed by atoms with E-state index in [0.717, 1.165) is 0 Å². The summed E-state index contributed by atoms with van der Waals surface area (Å²) in [6.07, 6.45) is -4.42. The lowest BCUT2D eigenvalue weighted by Crippen LogP contribution is -2.61. The fourth-order valence-corrected chi connectivity index (χ4v) is 4.88. The molecule has 0 unspecified atom stereocenters. The van der Waals surface area contributed by atoms with Gasteiger partial charge in [0.15, 0.2) is 0 Å². The first kappa shape index (κ1) is 26.0. The van der Waals surface area contributed by atoms with Crippen LogP contribution in [0.25, 0.3) is 0 Å². The van der Waals surface area contributed by atoms with Crippen LogP contribution in [0.3, 0.4) is 0 Å². The van der Waals surface area contributed by atoms with Crippen molar-refractivity contribution in [2.24, 2.45) is 0 Å². The molecule has 0 aliphatic carbocycles. The Hall–Kier alpha value is -0.0500. The van der Waals surface area contributed by atoms with Gasteiger partial charge in [0.1, 0.15) is 29.9 Å². The Morgan fingerprint density at radius 3 is 1.46 bits per heavy atom. The van der Waals surface area contributed by atoms with E-state index in [0.29, 0.717) is 25.0 Å². The van der Waals surface area contributed by atoms with Crippen molar-refractivity contribution in [3.63, 3.8) is 0 Å². The van der Waals surface area contributed by atoms with E-state index < -0.39 is 76.9 Å². The fourth-order valence-electron chi connectivity index (χ4n) is 2.15. The van der Waals surface area contributed by atoms with Crippen LogP contribution in [0.5, 0.6) is 0 Å². The second-order valence-corrected chi connectivity index (χ2v) is 12.8. The molecular formula is C10H20O13S5. The quantitative estimate of drug-likeness (QED) is 0.258. The normalized spacial score (nSPS) is 30.2. The third-order valence-corrected chi connectivity index (χ3v) is 5.61. The molecule has 1 aliphatic rings. The molecule has 1 fully saturated rings. The first-order valence-corrected chi connectivity index (χ1v) is 14.9. The molecule has 1 aliphatic heterocycles. The number of hydrogen-bond donors (Lipinski definition) is 1. The third-order valence-electron chi connectivity index (χ3n) is 2.91. The Bertz CT molecular complexity index is 965. The van der Waals surface area contributed by atoms with Crippen molar-refractivity contribution in [2.45, 2.75) is 29.9 Å². The van der Waals surface area contributed by atoms with Crippen LogP contribution >= 0.6 is 12.6 Å². The molecular weight excluding hydrogens is 488 g/mol. The van der Waals surface area contributed by atoms with Crippen LogP contribution in [-0.2, 0) is 61.9 Å². The van der Waals surface area contributed by atoms with Gasteiger partial charge >= 0.3 is 0 Å². The van der Waals surface area contributed by atoms with Gasteiger partial charge in [-0.05, 0) is 0 Å². The molecule has 28 heavy (non-hydrogen) atoms. The number of thiol groups is 1. The zero-order valence-corrected chi connectivity index (χ0v) is 19.1. The highest BCUT2D eigenvalue weighted by Gasteiger charge is 2.51. The van der Waals surface area contributed by atoms with Crippen molar-refractivity contribution in [2.75, 3.05) is 31.6 Å². The number of hydrogen-bond acceptors (Lipinski definition) is 14. The Labute approximate surface area is 169 Å². The van der Waals surface area contributed by atoms with Crippen molar-refractivity contribution in [3.8, 4) is 0 Å². The minimum absolute atomic E-state index is 0.618. The molecule has 168 valence electrons. The average molecular weight is 509 g/mol. The summed E-state index contributed by atoms with van der Waals surface area (Å²) in [5.41, 5.74) is -1.48. The molecule has 0 bridgehead atoms. The summed E-state index contributed by atoms with van der Waals surface area (Å²) >= 11 is 3.96. The minimum Gasteiger partial charge on any atom is -0.356 e. The fraction of sp³-hybridized carbons (Fsp3) is 1.00. The van der Waals surface area contributed by atoms with Crippen LogP contribution in [0.15, 0.2) is 0 Å². The molecule has 0 radical (unpaired) electrons. The van der Waals surface area contributed by atoms with Crippen LogP contribution in [0, 0.1) is 0 Å². The lowest BCUT2D eigenvalue weighted by Gasteiger charge is -2.42. The van der Waals surface area contributed by atoms with E-state index in [2.05, 4.69) is 16.8 Å². The van der Waals surface area contributed by atoms with Crippen molar-refractivity contribution >= 4 is 53.1 Å². The topological polar surface area (TPSA) is 183 Å². The SMILES string of the molecule is CS(=O)(=O)OC[C@H]1O[C@@H](S)[C@H](OS(C)(=O)=O)[C@@H](OS(C)(=O)=O)[C@@H]1OS(C)(=O)=O. The second-order valence-electron chi connectivity index (χ2n) is 5.85. The van der Waals surface area contributed by atoms with Gasteiger partial charge in [-0.2, -0.15) is 33.7 Å². The molecule has 0 aromatic heterocycles. The predicted molar refractivity (Wildman–Crippen MR) is 97.6 cm³/mol. The van der Waals surface area contributed by atoms with E-state index in [1.807, 2.05) is 0 Å². The average Bonchev–Trinajstić information content (AvgIpc) is 2.39. The van der Waals surface area contributed by atoms with Gasteiger partial charge in [0.05, 0.1) is 31.6 Å². The molecule has 0 aromatic carbocycles. The lowest BCUT2D eigenvalue weighted by molar-refractivity contribution is -0.177. The molecule has 18 heteroatoms. The van der Waals surface area contributed by atoms with Crippen LogP contribution < -0.4 is 0 Å². The van der Waals surface area contributed by atoms with E-state index in [1.165, 1.54) is 0 Å². The molecule has 5 atom stereocenters. The summed E-state index contributed by atoms with van der Waals surface area (Å²) in [6.45, 7) is -0.800. The minimum atomic E-state index is -4.29. The summed E-state index contributed by atoms with van der Waals surface area (Å²) in [6, 6.07) is 0. The number of rotatable bonds is 9. The van der Waals surface area contributed by atoms with E-state index in [1.54, 1.807) is 0 Å². The van der Waals surface area contributed by atoms with E-state index >= 15 is 0 Å². The molecule has 0 amide bonds. The van der Waals surface area contributed by atoms with Crippen molar-refractivity contribution in [3.05, 3.63) is 0 Å². The Morgan fingerprint density at radius 2 is 1.07 bits per heavy atom. The summed E-state index contributed by atoms with van der Waals surface area (Å²) < 4.78 is 116. The van der Waals surface area contributed by atoms with Gasteiger partial charge in [-0.15, -0.1) is 12.6 Å². The molecule has 0 spiro atoms. The second kappa shape index (κ2) is 8.98. The van der Waals surface area contributed by atoms with Gasteiger partial charge in [0.2, 0.25) is 0 Å². The number of ether oxygens (including phenoxy) is 1. The summed E-state index contributed by atoms with van der Waals surface area (Å²) in [7, 11) is -16.8. The maximum absolute atomic E-state index is 11.6. The highest BCUT2D eigenvalue weighted by Crippen LogP contribution is 2.32. The molecule has 0 aromatic rings. The Morgan fingerprint density at radius 1 is 0.679 bits per heavy atom. The Balaban J connectivity index is 3.42. The molecule has 0 saturated carbocycles. The van der Waals surface area contributed by atoms with E-state index in [4.69, 9.17) is 17.3 Å². The third kappa shape index (κ3) is 9.63. The zero-order chi connectivity index (χ0) is 22.1. The van der Waals surface area contributed by atoms with Crippen LogP contribution in [0.2, 0.25) is 0 Å². The molecule has 13 nitrogen and oxygen atoms in total. The standard InChI is InChI=1S/C10H20O13S5/c1-25(11,12)19-5-6-7(21-26(2,13)14)8(22-27(3,15)16)9(10(24)20-6)23-28(4,17)18/h6-10,24H,5H2,1-4H3/t6-,7-,8+,9-,10+/m1/s1. The highest BCUT2D eigenvalue weighted by molar-refractivity contribution is 7.86. The maximum atomic E-state index is 11.6. The van der Waals surface area contributed by atoms with Crippen LogP contribution in [0.1, 0.15) is 0 Å². The van der Waals surface area contributed by atoms with Gasteiger partial charge in [-0.1, -0.05) is 0 Å². The van der Waals surface area contributed by atoms with Crippen molar-refractivity contribution < 1.29 is 55.1 Å². The molecule has 1 saturated heterocycles. The Kier molecular flexibility index (Phi) is 8.34. The van der Waals surface area contributed by atoms with Gasteiger partial charge in [0.25, 0.3) is 40.5 Å². The highest BCUT2D eigenvalue weighted by atomic mass is 32.2. The van der Waals surface area contributed by atoms with Crippen molar-refractivity contribution in [1.82, 2.24) is 0 Å². The van der Waals surface area contributed by atoms with E-state index in [9.17, 15) is 33.7 Å². The summed E-state index contributed by atoms with van der Waals surface area (Å²) in [4.78, 5) is 0. The van der Waals surface area contributed by atoms with Crippen LogP contribution in [-0.4, -0.2) is 95.2 Å². The molecule has 1 rings (SSSR count). The maximum Gasteiger partial charge on any atom is 0.264 e. The molecule has 0 N–H and O–H groups in total. The monoisotopic (exact) mass is 508 g/mol. The molecule has 1 heterocycles. The van der Waals surface area contributed by atoms with Gasteiger partial charge in [-0.25, -0.2) is 0 Å². The first-order valence-electron chi connectivity index (χ1n) is 7.10. The van der Waals surface area contributed by atoms with Gasteiger partial charge in [0, 0.05) is 0 Å². The van der Waals surface area contributed by atoms with Crippen molar-refractivity contribution in [1.29, 1.82) is 0 Å². The smallest absolute Gasteiger partial charge is 0.264 e. The largest absolute Gasteiger partial charge is 0.356 e. The zero-order valence-electron chi connectivity index (χ0n) is 15.0. The first-order chi connectivity index (χ1) is 12.3.